The van der Waals surface area contributed by atoms with Crippen LogP contribution in [0, 0.1) is 0 Å². The molecule has 2 aromatic carbocycles. The number of hydrogen-bond acceptors (Lipinski definition) is 4. The summed E-state index contributed by atoms with van der Waals surface area (Å²) in [6, 6.07) is 16.8. The van der Waals surface area contributed by atoms with Crippen LogP contribution in [0.3, 0.4) is 0 Å². The van der Waals surface area contributed by atoms with Crippen molar-refractivity contribution in [2.75, 3.05) is 6.54 Å². The third kappa shape index (κ3) is 3.56. The van der Waals surface area contributed by atoms with Crippen molar-refractivity contribution < 1.29 is 19.1 Å². The van der Waals surface area contributed by atoms with Crippen LogP contribution in [-0.4, -0.2) is 34.1 Å². The van der Waals surface area contributed by atoms with Gasteiger partial charge in [-0.2, -0.15) is 0 Å². The quantitative estimate of drug-likeness (QED) is 0.693. The third-order valence-corrected chi connectivity index (χ3v) is 5.76. The largest absolute Gasteiger partial charge is 0.462 e. The number of ether oxygens (including phenoxy) is 1. The van der Waals surface area contributed by atoms with Gasteiger partial charge in [-0.3, -0.25) is 24.2 Å². The molecule has 0 bridgehead atoms. The highest BCUT2D eigenvalue weighted by molar-refractivity contribution is 6.22. The Kier molecular flexibility index (Phi) is 5.03. The molecule has 2 heterocycles. The van der Waals surface area contributed by atoms with Gasteiger partial charge in [0, 0.05) is 12.1 Å². The summed E-state index contributed by atoms with van der Waals surface area (Å²) in [6.45, 7) is -0.341. The van der Waals surface area contributed by atoms with Crippen molar-refractivity contribution in [1.82, 2.24) is 9.80 Å². The van der Waals surface area contributed by atoms with Crippen LogP contribution in [0.15, 0.2) is 103 Å². The van der Waals surface area contributed by atoms with Crippen LogP contribution in [0.2, 0.25) is 0 Å². The normalized spacial score (nSPS) is 19.4. The molecule has 1 aliphatic carbocycles. The van der Waals surface area contributed by atoms with Crippen LogP contribution in [0.25, 0.3) is 0 Å². The van der Waals surface area contributed by atoms with E-state index in [1.54, 1.807) is 30.5 Å². The fourth-order valence-corrected chi connectivity index (χ4v) is 4.07. The Labute approximate surface area is 185 Å². The topological polar surface area (TPSA) is 66.9 Å². The lowest BCUT2D eigenvalue weighted by Gasteiger charge is -2.25. The molecule has 158 valence electrons. The Morgan fingerprint density at radius 3 is 2.38 bits per heavy atom. The van der Waals surface area contributed by atoms with Gasteiger partial charge in [-0.15, -0.1) is 0 Å². The SMILES string of the molecule is O=C(CN1C(=O)c2ccccc2C1=O)N1C=COC(C2=CC=CC(c3ccccc3)C2)=C1. The summed E-state index contributed by atoms with van der Waals surface area (Å²) in [5, 5.41) is 0. The van der Waals surface area contributed by atoms with Crippen molar-refractivity contribution in [1.29, 1.82) is 0 Å². The number of carbonyl (C=O) groups is 3. The average Bonchev–Trinajstić information content (AvgIpc) is 3.10. The zero-order valence-electron chi connectivity index (χ0n) is 17.2. The van der Waals surface area contributed by atoms with E-state index in [2.05, 4.69) is 18.2 Å². The molecule has 0 saturated heterocycles. The molecule has 0 radical (unpaired) electrons. The van der Waals surface area contributed by atoms with Crippen LogP contribution in [0.4, 0.5) is 0 Å². The molecule has 1 unspecified atom stereocenters. The molecule has 0 aromatic heterocycles. The van der Waals surface area contributed by atoms with Crippen LogP contribution < -0.4 is 0 Å². The Balaban J connectivity index is 1.30. The van der Waals surface area contributed by atoms with Crippen molar-refractivity contribution in [3.05, 3.63) is 120 Å². The first-order chi connectivity index (χ1) is 15.6. The van der Waals surface area contributed by atoms with Crippen molar-refractivity contribution in [2.45, 2.75) is 12.3 Å². The second-order valence-corrected chi connectivity index (χ2v) is 7.74. The molecule has 3 amide bonds. The summed E-state index contributed by atoms with van der Waals surface area (Å²) >= 11 is 0. The van der Waals surface area contributed by atoms with Gasteiger partial charge in [0.25, 0.3) is 17.7 Å². The molecule has 1 atom stereocenters. The standard InChI is InChI=1S/C26H20N2O4/c29-24(17-28-25(30)21-11-4-5-12-22(21)26(28)31)27-13-14-32-23(16-27)20-10-6-9-19(15-20)18-7-2-1-3-8-18/h1-14,16,19H,15,17H2. The lowest BCUT2D eigenvalue weighted by molar-refractivity contribution is -0.127. The number of rotatable bonds is 4. The number of fused-ring (bicyclic) bond motifs is 1. The van der Waals surface area contributed by atoms with Gasteiger partial charge in [-0.05, 0) is 29.7 Å². The maximum Gasteiger partial charge on any atom is 0.262 e. The van der Waals surface area contributed by atoms with E-state index < -0.39 is 17.7 Å². The summed E-state index contributed by atoms with van der Waals surface area (Å²) in [5.41, 5.74) is 2.82. The van der Waals surface area contributed by atoms with Gasteiger partial charge in [0.05, 0.1) is 17.3 Å². The van der Waals surface area contributed by atoms with Crippen LogP contribution in [0.5, 0.6) is 0 Å². The lowest BCUT2D eigenvalue weighted by atomic mass is 9.87. The Morgan fingerprint density at radius 2 is 1.66 bits per heavy atom. The first-order valence-electron chi connectivity index (χ1n) is 10.4. The lowest BCUT2D eigenvalue weighted by Crippen LogP contribution is -2.39. The number of nitrogens with zero attached hydrogens (tertiary/aromatic N) is 2. The third-order valence-electron chi connectivity index (χ3n) is 5.76. The molecular formula is C26H20N2O4. The van der Waals surface area contributed by atoms with Gasteiger partial charge in [-0.1, -0.05) is 60.7 Å². The molecule has 5 rings (SSSR count). The monoisotopic (exact) mass is 424 g/mol. The van der Waals surface area contributed by atoms with E-state index in [0.29, 0.717) is 16.9 Å². The predicted molar refractivity (Wildman–Crippen MR) is 118 cm³/mol. The summed E-state index contributed by atoms with van der Waals surface area (Å²) in [5.74, 6) is -0.525. The number of carbonyl (C=O) groups excluding carboxylic acids is 3. The van der Waals surface area contributed by atoms with Crippen molar-refractivity contribution >= 4 is 17.7 Å². The number of amides is 3. The van der Waals surface area contributed by atoms with E-state index in [1.807, 2.05) is 30.4 Å². The molecule has 6 nitrogen and oxygen atoms in total. The molecule has 0 fully saturated rings. The molecule has 2 aliphatic heterocycles. The maximum atomic E-state index is 12.9. The van der Waals surface area contributed by atoms with E-state index in [4.69, 9.17) is 4.74 Å². The summed E-state index contributed by atoms with van der Waals surface area (Å²) in [7, 11) is 0. The molecule has 2 aromatic rings. The van der Waals surface area contributed by atoms with Crippen molar-refractivity contribution in [3.63, 3.8) is 0 Å². The van der Waals surface area contributed by atoms with Crippen molar-refractivity contribution in [2.24, 2.45) is 0 Å². The first-order valence-corrected chi connectivity index (χ1v) is 10.4. The van der Waals surface area contributed by atoms with E-state index in [0.717, 1.165) is 16.9 Å². The molecule has 0 spiro atoms. The van der Waals surface area contributed by atoms with Gasteiger partial charge in [0.15, 0.2) is 0 Å². The minimum absolute atomic E-state index is 0.217. The Morgan fingerprint density at radius 1 is 0.969 bits per heavy atom. The minimum atomic E-state index is -0.453. The number of hydrogen-bond donors (Lipinski definition) is 0. The molecule has 6 heteroatoms. The average molecular weight is 424 g/mol. The van der Waals surface area contributed by atoms with Gasteiger partial charge in [0.1, 0.15) is 18.6 Å². The molecular weight excluding hydrogens is 404 g/mol. The first kappa shape index (κ1) is 19.8. The summed E-state index contributed by atoms with van der Waals surface area (Å²) in [6.07, 6.45) is 11.4. The zero-order chi connectivity index (χ0) is 22.1. The smallest absolute Gasteiger partial charge is 0.262 e. The zero-order valence-corrected chi connectivity index (χ0v) is 17.2. The summed E-state index contributed by atoms with van der Waals surface area (Å²) < 4.78 is 5.68. The van der Waals surface area contributed by atoms with Crippen LogP contribution in [0.1, 0.15) is 38.6 Å². The summed E-state index contributed by atoms with van der Waals surface area (Å²) in [4.78, 5) is 40.4. The number of benzene rings is 2. The number of imide groups is 1. The van der Waals surface area contributed by atoms with Gasteiger partial charge < -0.3 is 4.74 Å². The van der Waals surface area contributed by atoms with Crippen LogP contribution in [-0.2, 0) is 9.53 Å². The van der Waals surface area contributed by atoms with Gasteiger partial charge in [-0.25, -0.2) is 0 Å². The second kappa shape index (κ2) is 8.15. The predicted octanol–water partition coefficient (Wildman–Crippen LogP) is 4.12. The molecule has 0 saturated carbocycles. The van der Waals surface area contributed by atoms with E-state index in [9.17, 15) is 14.4 Å². The highest BCUT2D eigenvalue weighted by Gasteiger charge is 2.37. The highest BCUT2D eigenvalue weighted by Crippen LogP contribution is 2.33. The Hall–Kier alpha value is -4.19. The van der Waals surface area contributed by atoms with Gasteiger partial charge in [0.2, 0.25) is 0 Å². The fraction of sp³-hybridized carbons (Fsp3) is 0.115. The van der Waals surface area contributed by atoms with E-state index in [-0.39, 0.29) is 12.5 Å². The van der Waals surface area contributed by atoms with Crippen molar-refractivity contribution in [3.8, 4) is 0 Å². The maximum absolute atomic E-state index is 12.9. The fourth-order valence-electron chi connectivity index (χ4n) is 4.07. The van der Waals surface area contributed by atoms with E-state index >= 15 is 0 Å². The Bertz CT molecular complexity index is 1190. The minimum Gasteiger partial charge on any atom is -0.462 e. The van der Waals surface area contributed by atoms with Crippen LogP contribution >= 0.6 is 0 Å². The highest BCUT2D eigenvalue weighted by atomic mass is 16.5. The molecule has 3 aliphatic rings. The molecule has 0 N–H and O–H groups in total. The molecule has 32 heavy (non-hydrogen) atoms. The second-order valence-electron chi connectivity index (χ2n) is 7.74. The van der Waals surface area contributed by atoms with E-state index in [1.165, 1.54) is 22.9 Å². The van der Waals surface area contributed by atoms with Gasteiger partial charge >= 0.3 is 0 Å². The number of allylic oxidation sites excluding steroid dienone is 4.